The predicted octanol–water partition coefficient (Wildman–Crippen LogP) is 2.81. The van der Waals surface area contributed by atoms with Crippen LogP contribution in [-0.2, 0) is 18.4 Å². The van der Waals surface area contributed by atoms with Crippen LogP contribution >= 0.6 is 11.6 Å². The van der Waals surface area contributed by atoms with Crippen LogP contribution in [0.2, 0.25) is 5.15 Å². The van der Waals surface area contributed by atoms with E-state index in [1.165, 1.54) is 0 Å². The number of nitrogens with zero attached hydrogens (tertiary/aromatic N) is 1. The highest BCUT2D eigenvalue weighted by Crippen LogP contribution is 2.58. The first kappa shape index (κ1) is 11.4. The molecule has 0 bridgehead atoms. The van der Waals surface area contributed by atoms with Gasteiger partial charge in [-0.25, -0.2) is 13.8 Å². The normalized spacial score (nSPS) is 29.9. The Balaban J connectivity index is 2.07. The van der Waals surface area contributed by atoms with Crippen LogP contribution in [0.5, 0.6) is 0 Å². The van der Waals surface area contributed by atoms with E-state index in [2.05, 4.69) is 4.98 Å². The van der Waals surface area contributed by atoms with E-state index >= 15 is 0 Å². The zero-order chi connectivity index (χ0) is 12.3. The van der Waals surface area contributed by atoms with Gasteiger partial charge in [-0.15, -0.1) is 0 Å². The SMILES string of the molecule is NC1(c2cc3c(nc2Cl)CCCC3)CC1(F)F. The van der Waals surface area contributed by atoms with Gasteiger partial charge in [0, 0.05) is 17.7 Å². The Hall–Kier alpha value is -0.740. The smallest absolute Gasteiger partial charge is 0.272 e. The van der Waals surface area contributed by atoms with Gasteiger partial charge >= 0.3 is 0 Å². The van der Waals surface area contributed by atoms with E-state index in [0.29, 0.717) is 5.56 Å². The molecule has 2 N–H and O–H groups in total. The van der Waals surface area contributed by atoms with Crippen LogP contribution in [0, 0.1) is 0 Å². The van der Waals surface area contributed by atoms with E-state index in [0.717, 1.165) is 36.9 Å². The molecule has 0 aliphatic heterocycles. The molecule has 1 atom stereocenters. The lowest BCUT2D eigenvalue weighted by Gasteiger charge is -2.19. The van der Waals surface area contributed by atoms with E-state index < -0.39 is 11.5 Å². The first-order valence-electron chi connectivity index (χ1n) is 5.79. The summed E-state index contributed by atoms with van der Waals surface area (Å²) in [7, 11) is 0. The Morgan fingerprint density at radius 2 is 1.94 bits per heavy atom. The van der Waals surface area contributed by atoms with Crippen molar-refractivity contribution < 1.29 is 8.78 Å². The summed E-state index contributed by atoms with van der Waals surface area (Å²) in [6.07, 6.45) is 3.58. The molecule has 1 fully saturated rings. The highest BCUT2D eigenvalue weighted by molar-refractivity contribution is 6.30. The van der Waals surface area contributed by atoms with Gasteiger partial charge in [0.2, 0.25) is 0 Å². The number of nitrogens with two attached hydrogens (primary N) is 1. The Kier molecular flexibility index (Phi) is 2.26. The largest absolute Gasteiger partial charge is 0.316 e. The molecule has 1 unspecified atom stereocenters. The summed E-state index contributed by atoms with van der Waals surface area (Å²) in [6, 6.07) is 1.74. The van der Waals surface area contributed by atoms with Gasteiger partial charge in [-0.1, -0.05) is 11.6 Å². The molecule has 1 heterocycles. The van der Waals surface area contributed by atoms with Crippen LogP contribution in [0.3, 0.4) is 0 Å². The number of aromatic nitrogens is 1. The maximum absolute atomic E-state index is 13.3. The Morgan fingerprint density at radius 3 is 2.59 bits per heavy atom. The molecular weight excluding hydrogens is 246 g/mol. The van der Waals surface area contributed by atoms with Crippen LogP contribution < -0.4 is 5.73 Å². The lowest BCUT2D eigenvalue weighted by atomic mass is 9.93. The van der Waals surface area contributed by atoms with Crippen molar-refractivity contribution in [2.75, 3.05) is 0 Å². The Morgan fingerprint density at radius 1 is 1.29 bits per heavy atom. The average molecular weight is 259 g/mol. The molecule has 5 heteroatoms. The second-order valence-corrected chi connectivity index (χ2v) is 5.35. The first-order chi connectivity index (χ1) is 7.94. The highest BCUT2D eigenvalue weighted by atomic mass is 35.5. The van der Waals surface area contributed by atoms with Crippen LogP contribution in [0.1, 0.15) is 36.1 Å². The van der Waals surface area contributed by atoms with E-state index in [1.54, 1.807) is 6.07 Å². The number of pyridine rings is 1. The van der Waals surface area contributed by atoms with Gasteiger partial charge in [0.15, 0.2) is 0 Å². The van der Waals surface area contributed by atoms with Crippen LogP contribution in [0.15, 0.2) is 6.07 Å². The monoisotopic (exact) mass is 258 g/mol. The van der Waals surface area contributed by atoms with Gasteiger partial charge in [0.1, 0.15) is 10.7 Å². The van der Waals surface area contributed by atoms with Crippen molar-refractivity contribution in [2.24, 2.45) is 5.73 Å². The molecule has 1 aromatic rings. The standard InChI is InChI=1S/C12H13ClF2N2/c13-10-8(11(16)6-12(11,14)15)5-7-3-1-2-4-9(7)17-10/h5H,1-4,6,16H2. The predicted molar refractivity (Wildman–Crippen MR) is 61.3 cm³/mol. The number of hydrogen-bond donors (Lipinski definition) is 1. The van der Waals surface area contributed by atoms with E-state index in [1.807, 2.05) is 0 Å². The summed E-state index contributed by atoms with van der Waals surface area (Å²) in [4.78, 5) is 4.24. The Labute approximate surface area is 103 Å². The fourth-order valence-corrected chi connectivity index (χ4v) is 2.84. The number of hydrogen-bond acceptors (Lipinski definition) is 2. The molecule has 0 aromatic carbocycles. The van der Waals surface area contributed by atoms with E-state index in [-0.39, 0.29) is 11.6 Å². The molecule has 17 heavy (non-hydrogen) atoms. The van der Waals surface area contributed by atoms with Crippen molar-refractivity contribution in [3.63, 3.8) is 0 Å². The van der Waals surface area contributed by atoms with Crippen molar-refractivity contribution in [2.45, 2.75) is 43.6 Å². The number of fused-ring (bicyclic) bond motifs is 1. The quantitative estimate of drug-likeness (QED) is 0.787. The molecule has 0 radical (unpaired) electrons. The zero-order valence-electron chi connectivity index (χ0n) is 9.27. The number of alkyl halides is 2. The van der Waals surface area contributed by atoms with Crippen LogP contribution in [0.25, 0.3) is 0 Å². The molecule has 2 aliphatic carbocycles. The van der Waals surface area contributed by atoms with E-state index in [4.69, 9.17) is 17.3 Å². The number of aryl methyl sites for hydroxylation is 2. The average Bonchev–Trinajstić information content (AvgIpc) is 2.78. The van der Waals surface area contributed by atoms with Gasteiger partial charge in [-0.2, -0.15) is 0 Å². The minimum absolute atomic E-state index is 0.144. The molecule has 0 amide bonds. The van der Waals surface area contributed by atoms with Crippen molar-refractivity contribution in [3.05, 3.63) is 28.0 Å². The zero-order valence-corrected chi connectivity index (χ0v) is 10.0. The third kappa shape index (κ3) is 1.58. The summed E-state index contributed by atoms with van der Waals surface area (Å²) < 4.78 is 26.5. The molecule has 1 aromatic heterocycles. The van der Waals surface area contributed by atoms with Crippen molar-refractivity contribution in [3.8, 4) is 0 Å². The van der Waals surface area contributed by atoms with Gasteiger partial charge < -0.3 is 5.73 Å². The minimum Gasteiger partial charge on any atom is -0.316 e. The minimum atomic E-state index is -2.85. The van der Waals surface area contributed by atoms with Gasteiger partial charge in [0.05, 0.1) is 0 Å². The molecular formula is C12H13ClF2N2. The van der Waals surface area contributed by atoms with Gasteiger partial charge in [-0.05, 0) is 37.3 Å². The molecule has 0 spiro atoms. The van der Waals surface area contributed by atoms with Crippen molar-refractivity contribution in [1.82, 2.24) is 4.98 Å². The van der Waals surface area contributed by atoms with E-state index in [9.17, 15) is 8.78 Å². The third-order valence-corrected chi connectivity index (χ3v) is 4.05. The van der Waals surface area contributed by atoms with Gasteiger partial charge in [0.25, 0.3) is 5.92 Å². The van der Waals surface area contributed by atoms with Crippen LogP contribution in [-0.4, -0.2) is 10.9 Å². The number of halogens is 3. The van der Waals surface area contributed by atoms with Gasteiger partial charge in [-0.3, -0.25) is 0 Å². The number of rotatable bonds is 1. The second-order valence-electron chi connectivity index (χ2n) is 4.99. The first-order valence-corrected chi connectivity index (χ1v) is 6.17. The maximum atomic E-state index is 13.3. The maximum Gasteiger partial charge on any atom is 0.272 e. The van der Waals surface area contributed by atoms with Crippen molar-refractivity contribution >= 4 is 11.6 Å². The topological polar surface area (TPSA) is 38.9 Å². The molecule has 0 saturated heterocycles. The van der Waals surface area contributed by atoms with Crippen molar-refractivity contribution in [1.29, 1.82) is 0 Å². The Bertz CT molecular complexity index is 490. The fraction of sp³-hybridized carbons (Fsp3) is 0.583. The summed E-state index contributed by atoms with van der Waals surface area (Å²) in [5, 5.41) is 0.144. The molecule has 2 nitrogen and oxygen atoms in total. The summed E-state index contributed by atoms with van der Waals surface area (Å²) >= 11 is 5.99. The summed E-state index contributed by atoms with van der Waals surface area (Å²) in [6.45, 7) is 0. The highest BCUT2D eigenvalue weighted by Gasteiger charge is 2.70. The molecule has 2 aliphatic rings. The lowest BCUT2D eigenvalue weighted by molar-refractivity contribution is 0.0890. The fourth-order valence-electron chi connectivity index (χ4n) is 2.52. The molecule has 1 saturated carbocycles. The lowest BCUT2D eigenvalue weighted by Crippen LogP contribution is -2.28. The summed E-state index contributed by atoms with van der Waals surface area (Å²) in [5.41, 5.74) is 6.39. The van der Waals surface area contributed by atoms with Crippen LogP contribution in [0.4, 0.5) is 8.78 Å². The molecule has 3 rings (SSSR count). The third-order valence-electron chi connectivity index (χ3n) is 3.76. The summed E-state index contributed by atoms with van der Waals surface area (Å²) in [5.74, 6) is -2.85. The molecule has 92 valence electrons. The second kappa shape index (κ2) is 3.39.